The average Bonchev–Trinajstić information content (AvgIpc) is 2.70. The normalized spacial score (nSPS) is 12.7. The van der Waals surface area contributed by atoms with E-state index in [0.717, 1.165) is 10.7 Å². The van der Waals surface area contributed by atoms with Crippen LogP contribution in [0.25, 0.3) is 0 Å². The van der Waals surface area contributed by atoms with Gasteiger partial charge in [0.1, 0.15) is 6.10 Å². The molecule has 3 heteroatoms. The largest absolute Gasteiger partial charge is 0.386 e. The molecule has 0 radical (unpaired) electrons. The highest BCUT2D eigenvalue weighted by Crippen LogP contribution is 2.22. The first-order valence-electron chi connectivity index (χ1n) is 5.72. The van der Waals surface area contributed by atoms with Gasteiger partial charge in [0, 0.05) is 11.8 Å². The molecule has 0 aliphatic rings. The summed E-state index contributed by atoms with van der Waals surface area (Å²) in [5.41, 5.74) is 4.44. The maximum atomic E-state index is 10.1. The standard InChI is InChI=1S/C14H17NOS/c1-9-4-5-10(2)12(6-9)7-14(16)13-8-17-11(3)15-13/h4-6,8,14,16H,7H2,1-3H3. The topological polar surface area (TPSA) is 33.1 Å². The van der Waals surface area contributed by atoms with Crippen LogP contribution in [0.1, 0.15) is 33.5 Å². The Morgan fingerprint density at radius 3 is 2.71 bits per heavy atom. The van der Waals surface area contributed by atoms with Gasteiger partial charge in [-0.3, -0.25) is 0 Å². The first kappa shape index (κ1) is 12.3. The molecular weight excluding hydrogens is 230 g/mol. The lowest BCUT2D eigenvalue weighted by molar-refractivity contribution is 0.174. The highest BCUT2D eigenvalue weighted by atomic mass is 32.1. The summed E-state index contributed by atoms with van der Waals surface area (Å²) in [7, 11) is 0. The monoisotopic (exact) mass is 247 g/mol. The number of nitrogens with zero attached hydrogens (tertiary/aromatic N) is 1. The third-order valence-electron chi connectivity index (χ3n) is 2.90. The van der Waals surface area contributed by atoms with Crippen LogP contribution in [0, 0.1) is 20.8 Å². The Balaban J connectivity index is 2.18. The predicted octanol–water partition coefficient (Wildman–Crippen LogP) is 3.34. The van der Waals surface area contributed by atoms with Gasteiger partial charge in [-0.25, -0.2) is 4.98 Å². The molecule has 90 valence electrons. The van der Waals surface area contributed by atoms with Crippen molar-refractivity contribution in [1.29, 1.82) is 0 Å². The molecule has 0 amide bonds. The fourth-order valence-corrected chi connectivity index (χ4v) is 2.53. The Morgan fingerprint density at radius 1 is 1.29 bits per heavy atom. The van der Waals surface area contributed by atoms with Crippen molar-refractivity contribution in [3.8, 4) is 0 Å². The van der Waals surface area contributed by atoms with E-state index >= 15 is 0 Å². The van der Waals surface area contributed by atoms with E-state index in [1.807, 2.05) is 12.3 Å². The third-order valence-corrected chi connectivity index (χ3v) is 3.69. The van der Waals surface area contributed by atoms with Crippen LogP contribution in [-0.2, 0) is 6.42 Å². The molecular formula is C14H17NOS. The van der Waals surface area contributed by atoms with Gasteiger partial charge >= 0.3 is 0 Å². The van der Waals surface area contributed by atoms with Gasteiger partial charge in [-0.05, 0) is 31.9 Å². The molecule has 1 unspecified atom stereocenters. The second kappa shape index (κ2) is 4.98. The van der Waals surface area contributed by atoms with Gasteiger partial charge in [0.25, 0.3) is 0 Å². The van der Waals surface area contributed by atoms with Crippen molar-refractivity contribution in [3.05, 3.63) is 51.0 Å². The van der Waals surface area contributed by atoms with Crippen LogP contribution < -0.4 is 0 Å². The number of rotatable bonds is 3. The summed E-state index contributed by atoms with van der Waals surface area (Å²) in [6, 6.07) is 6.33. The molecule has 1 heterocycles. The number of aliphatic hydroxyl groups excluding tert-OH is 1. The summed E-state index contributed by atoms with van der Waals surface area (Å²) < 4.78 is 0. The van der Waals surface area contributed by atoms with Crippen molar-refractivity contribution in [2.24, 2.45) is 0 Å². The summed E-state index contributed by atoms with van der Waals surface area (Å²) in [5.74, 6) is 0. The minimum absolute atomic E-state index is 0.500. The van der Waals surface area contributed by atoms with Crippen molar-refractivity contribution >= 4 is 11.3 Å². The number of aliphatic hydroxyl groups is 1. The van der Waals surface area contributed by atoms with Gasteiger partial charge in [0.05, 0.1) is 10.7 Å². The Hall–Kier alpha value is -1.19. The smallest absolute Gasteiger partial charge is 0.101 e. The second-order valence-electron chi connectivity index (χ2n) is 4.44. The van der Waals surface area contributed by atoms with Crippen LogP contribution >= 0.6 is 11.3 Å². The fraction of sp³-hybridized carbons (Fsp3) is 0.357. The molecule has 0 fully saturated rings. The number of hydrogen-bond acceptors (Lipinski definition) is 3. The van der Waals surface area contributed by atoms with Crippen molar-refractivity contribution < 1.29 is 5.11 Å². The summed E-state index contributed by atoms with van der Waals surface area (Å²) in [4.78, 5) is 4.33. The summed E-state index contributed by atoms with van der Waals surface area (Å²) >= 11 is 1.58. The molecule has 0 saturated heterocycles. The second-order valence-corrected chi connectivity index (χ2v) is 5.50. The molecule has 1 N–H and O–H groups in total. The number of thiazole rings is 1. The first-order valence-corrected chi connectivity index (χ1v) is 6.60. The number of benzene rings is 1. The minimum Gasteiger partial charge on any atom is -0.386 e. The maximum Gasteiger partial charge on any atom is 0.101 e. The SMILES string of the molecule is Cc1ccc(C)c(CC(O)c2csc(C)n2)c1. The third kappa shape index (κ3) is 2.93. The molecule has 0 spiro atoms. The molecule has 1 aromatic heterocycles. The highest BCUT2D eigenvalue weighted by Gasteiger charge is 2.13. The van der Waals surface area contributed by atoms with Crippen LogP contribution in [0.3, 0.4) is 0 Å². The molecule has 1 atom stereocenters. The molecule has 0 bridgehead atoms. The van der Waals surface area contributed by atoms with E-state index in [4.69, 9.17) is 0 Å². The number of aryl methyl sites for hydroxylation is 3. The van der Waals surface area contributed by atoms with Crippen LogP contribution in [0.4, 0.5) is 0 Å². The minimum atomic E-state index is -0.500. The Labute approximate surface area is 106 Å². The van der Waals surface area contributed by atoms with Crippen LogP contribution in [0.2, 0.25) is 0 Å². The zero-order valence-corrected chi connectivity index (χ0v) is 11.2. The summed E-state index contributed by atoms with van der Waals surface area (Å²) in [5, 5.41) is 13.1. The van der Waals surface area contributed by atoms with Gasteiger partial charge < -0.3 is 5.11 Å². The Morgan fingerprint density at radius 2 is 2.06 bits per heavy atom. The van der Waals surface area contributed by atoms with E-state index in [0.29, 0.717) is 6.42 Å². The number of aromatic nitrogens is 1. The zero-order chi connectivity index (χ0) is 12.4. The maximum absolute atomic E-state index is 10.1. The van der Waals surface area contributed by atoms with Gasteiger partial charge in [-0.1, -0.05) is 23.8 Å². The van der Waals surface area contributed by atoms with Crippen molar-refractivity contribution in [3.63, 3.8) is 0 Å². The van der Waals surface area contributed by atoms with Gasteiger partial charge in [-0.15, -0.1) is 11.3 Å². The fourth-order valence-electron chi connectivity index (χ4n) is 1.87. The summed E-state index contributed by atoms with van der Waals surface area (Å²) in [6.07, 6.45) is 0.136. The van der Waals surface area contributed by atoms with Crippen molar-refractivity contribution in [2.75, 3.05) is 0 Å². The molecule has 17 heavy (non-hydrogen) atoms. The molecule has 2 aromatic rings. The predicted molar refractivity (Wildman–Crippen MR) is 71.4 cm³/mol. The van der Waals surface area contributed by atoms with E-state index in [1.54, 1.807) is 11.3 Å². The average molecular weight is 247 g/mol. The quantitative estimate of drug-likeness (QED) is 0.902. The summed E-state index contributed by atoms with van der Waals surface area (Å²) in [6.45, 7) is 6.11. The van der Waals surface area contributed by atoms with Crippen LogP contribution in [-0.4, -0.2) is 10.1 Å². The van der Waals surface area contributed by atoms with E-state index in [-0.39, 0.29) is 0 Å². The molecule has 0 aliphatic carbocycles. The lowest BCUT2D eigenvalue weighted by atomic mass is 9.99. The number of hydrogen-bond donors (Lipinski definition) is 1. The molecule has 0 saturated carbocycles. The van der Waals surface area contributed by atoms with Gasteiger partial charge in [0.2, 0.25) is 0 Å². The van der Waals surface area contributed by atoms with Gasteiger partial charge in [-0.2, -0.15) is 0 Å². The highest BCUT2D eigenvalue weighted by molar-refractivity contribution is 7.09. The van der Waals surface area contributed by atoms with Crippen LogP contribution in [0.5, 0.6) is 0 Å². The zero-order valence-electron chi connectivity index (χ0n) is 10.4. The first-order chi connectivity index (χ1) is 8.06. The molecule has 1 aromatic carbocycles. The van der Waals surface area contributed by atoms with Crippen LogP contribution in [0.15, 0.2) is 23.6 Å². The molecule has 2 nitrogen and oxygen atoms in total. The van der Waals surface area contributed by atoms with Gasteiger partial charge in [0.15, 0.2) is 0 Å². The van der Waals surface area contributed by atoms with E-state index in [9.17, 15) is 5.11 Å². The lowest BCUT2D eigenvalue weighted by Crippen LogP contribution is -2.04. The van der Waals surface area contributed by atoms with E-state index in [1.165, 1.54) is 16.7 Å². The van der Waals surface area contributed by atoms with Crippen molar-refractivity contribution in [2.45, 2.75) is 33.3 Å². The Bertz CT molecular complexity index is 519. The Kier molecular flexibility index (Phi) is 3.60. The van der Waals surface area contributed by atoms with E-state index < -0.39 is 6.10 Å². The van der Waals surface area contributed by atoms with Crippen molar-refractivity contribution in [1.82, 2.24) is 4.98 Å². The molecule has 2 rings (SSSR count). The van der Waals surface area contributed by atoms with E-state index in [2.05, 4.69) is 37.0 Å². The lowest BCUT2D eigenvalue weighted by Gasteiger charge is -2.11. The molecule has 0 aliphatic heterocycles.